The lowest BCUT2D eigenvalue weighted by atomic mass is 10.4. The van der Waals surface area contributed by atoms with Crippen LogP contribution in [0.25, 0.3) is 0 Å². The fourth-order valence-electron chi connectivity index (χ4n) is 1.69. The van der Waals surface area contributed by atoms with Crippen molar-refractivity contribution in [1.82, 2.24) is 4.98 Å². The van der Waals surface area contributed by atoms with Gasteiger partial charge in [-0.25, -0.2) is 13.4 Å². The number of anilines is 3. The quantitative estimate of drug-likeness (QED) is 0.786. The number of rotatable bonds is 5. The van der Waals surface area contributed by atoms with Gasteiger partial charge in [0.1, 0.15) is 11.6 Å². The van der Waals surface area contributed by atoms with E-state index in [1.807, 2.05) is 0 Å². The van der Waals surface area contributed by atoms with E-state index >= 15 is 0 Å². The van der Waals surface area contributed by atoms with Crippen molar-refractivity contribution in [3.63, 3.8) is 0 Å². The maximum Gasteiger partial charge on any atom is 0.261 e. The summed E-state index contributed by atoms with van der Waals surface area (Å²) in [4.78, 5) is 4.31. The molecule has 0 spiro atoms. The second-order valence-corrected chi connectivity index (χ2v) is 6.31. The molecule has 1 aromatic heterocycles. The summed E-state index contributed by atoms with van der Waals surface area (Å²) in [6.07, 6.45) is 0. The molecule has 0 aliphatic carbocycles. The number of hydrogen-bond acceptors (Lipinski definition) is 5. The molecule has 0 bridgehead atoms. The summed E-state index contributed by atoms with van der Waals surface area (Å²) in [6.45, 7) is 0. The fraction of sp³-hybridized carbons (Fsp3) is 0.154. The van der Waals surface area contributed by atoms with Gasteiger partial charge in [-0.05, 0) is 18.2 Å². The van der Waals surface area contributed by atoms with Crippen LogP contribution in [0.5, 0.6) is 0 Å². The van der Waals surface area contributed by atoms with Crippen LogP contribution in [0.2, 0.25) is 5.02 Å². The second-order valence-electron chi connectivity index (χ2n) is 4.19. The number of pyridine rings is 1. The first-order valence-electron chi connectivity index (χ1n) is 6.10. The summed E-state index contributed by atoms with van der Waals surface area (Å²) in [5.74, 6) is 1.09. The van der Waals surface area contributed by atoms with Crippen LogP contribution in [0.4, 0.5) is 17.3 Å². The van der Waals surface area contributed by atoms with E-state index < -0.39 is 10.0 Å². The van der Waals surface area contributed by atoms with Gasteiger partial charge in [0.25, 0.3) is 10.0 Å². The standard InChI is InChI=1S/C13H15ClN4O2S/c1-15-12-7-10(8-13(16-2)17-12)18-21(19,20)11-5-3-4-9(14)6-11/h3-8H,1-2H3,(H3,15,16,17,18). The number of hydrogen-bond donors (Lipinski definition) is 3. The highest BCUT2D eigenvalue weighted by atomic mass is 35.5. The lowest BCUT2D eigenvalue weighted by Crippen LogP contribution is -2.13. The second kappa shape index (κ2) is 6.19. The first kappa shape index (κ1) is 15.4. The smallest absolute Gasteiger partial charge is 0.261 e. The molecular formula is C13H15ClN4O2S. The number of sulfonamides is 1. The molecule has 0 aliphatic heterocycles. The average molecular weight is 327 g/mol. The Morgan fingerprint density at radius 3 is 2.19 bits per heavy atom. The fourth-order valence-corrected chi connectivity index (χ4v) is 3.03. The van der Waals surface area contributed by atoms with Gasteiger partial charge in [-0.1, -0.05) is 17.7 Å². The van der Waals surface area contributed by atoms with Crippen molar-refractivity contribution >= 4 is 38.9 Å². The molecule has 3 N–H and O–H groups in total. The molecule has 0 saturated carbocycles. The zero-order valence-electron chi connectivity index (χ0n) is 11.5. The average Bonchev–Trinajstić information content (AvgIpc) is 2.46. The molecular weight excluding hydrogens is 312 g/mol. The van der Waals surface area contributed by atoms with E-state index in [1.165, 1.54) is 12.1 Å². The maximum absolute atomic E-state index is 12.3. The largest absolute Gasteiger partial charge is 0.373 e. The highest BCUT2D eigenvalue weighted by Gasteiger charge is 2.15. The van der Waals surface area contributed by atoms with E-state index in [-0.39, 0.29) is 4.90 Å². The minimum absolute atomic E-state index is 0.101. The predicted octanol–water partition coefficient (Wildman–Crippen LogP) is 2.62. The van der Waals surface area contributed by atoms with E-state index in [4.69, 9.17) is 11.6 Å². The maximum atomic E-state index is 12.3. The highest BCUT2D eigenvalue weighted by molar-refractivity contribution is 7.92. The van der Waals surface area contributed by atoms with Crippen LogP contribution in [0, 0.1) is 0 Å². The summed E-state index contributed by atoms with van der Waals surface area (Å²) in [5.41, 5.74) is 0.402. The monoisotopic (exact) mass is 326 g/mol. The highest BCUT2D eigenvalue weighted by Crippen LogP contribution is 2.22. The van der Waals surface area contributed by atoms with Crippen molar-refractivity contribution in [2.24, 2.45) is 0 Å². The number of halogens is 1. The Morgan fingerprint density at radius 1 is 1.05 bits per heavy atom. The van der Waals surface area contributed by atoms with Crippen molar-refractivity contribution in [2.75, 3.05) is 29.5 Å². The molecule has 0 unspecified atom stereocenters. The zero-order chi connectivity index (χ0) is 15.5. The van der Waals surface area contributed by atoms with E-state index in [9.17, 15) is 8.42 Å². The molecule has 21 heavy (non-hydrogen) atoms. The van der Waals surface area contributed by atoms with Crippen LogP contribution in [-0.2, 0) is 10.0 Å². The van der Waals surface area contributed by atoms with Gasteiger partial charge in [0, 0.05) is 31.3 Å². The Balaban J connectivity index is 2.36. The SMILES string of the molecule is CNc1cc(NS(=O)(=O)c2cccc(Cl)c2)cc(NC)n1. The van der Waals surface area contributed by atoms with Gasteiger partial charge in [-0.15, -0.1) is 0 Å². The zero-order valence-corrected chi connectivity index (χ0v) is 13.1. The number of nitrogens with one attached hydrogen (secondary N) is 3. The Hall–Kier alpha value is -1.99. The molecule has 2 aromatic rings. The van der Waals surface area contributed by atoms with Crippen LogP contribution in [-0.4, -0.2) is 27.5 Å². The van der Waals surface area contributed by atoms with Crippen LogP contribution < -0.4 is 15.4 Å². The van der Waals surface area contributed by atoms with Crippen molar-refractivity contribution in [1.29, 1.82) is 0 Å². The van der Waals surface area contributed by atoms with E-state index in [0.717, 1.165) is 0 Å². The number of nitrogens with zero attached hydrogens (tertiary/aromatic N) is 1. The summed E-state index contributed by atoms with van der Waals surface area (Å²) in [6, 6.07) is 9.27. The summed E-state index contributed by atoms with van der Waals surface area (Å²) < 4.78 is 27.1. The first-order valence-corrected chi connectivity index (χ1v) is 7.96. The third kappa shape index (κ3) is 3.77. The molecule has 0 amide bonds. The van der Waals surface area contributed by atoms with Gasteiger partial charge in [-0.2, -0.15) is 0 Å². The topological polar surface area (TPSA) is 83.1 Å². The molecule has 6 nitrogen and oxygen atoms in total. The van der Waals surface area contributed by atoms with Gasteiger partial charge in [-0.3, -0.25) is 4.72 Å². The van der Waals surface area contributed by atoms with Crippen LogP contribution in [0.15, 0.2) is 41.3 Å². The third-order valence-electron chi connectivity index (χ3n) is 2.70. The first-order chi connectivity index (χ1) is 9.94. The van der Waals surface area contributed by atoms with Crippen molar-refractivity contribution < 1.29 is 8.42 Å². The van der Waals surface area contributed by atoms with Crippen LogP contribution >= 0.6 is 11.6 Å². The number of aromatic nitrogens is 1. The molecule has 0 atom stereocenters. The van der Waals surface area contributed by atoms with Crippen molar-refractivity contribution in [3.8, 4) is 0 Å². The van der Waals surface area contributed by atoms with E-state index in [0.29, 0.717) is 22.3 Å². The van der Waals surface area contributed by atoms with Gasteiger partial charge in [0.05, 0.1) is 10.6 Å². The lowest BCUT2D eigenvalue weighted by molar-refractivity contribution is 0.601. The minimum Gasteiger partial charge on any atom is -0.373 e. The van der Waals surface area contributed by atoms with Gasteiger partial charge in [0.15, 0.2) is 0 Å². The summed E-state index contributed by atoms with van der Waals surface area (Å²) in [7, 11) is -0.293. The van der Waals surface area contributed by atoms with Crippen LogP contribution in [0.1, 0.15) is 0 Å². The minimum atomic E-state index is -3.70. The van der Waals surface area contributed by atoms with Crippen LogP contribution in [0.3, 0.4) is 0 Å². The summed E-state index contributed by atoms with van der Waals surface area (Å²) in [5, 5.41) is 6.10. The molecule has 8 heteroatoms. The van der Waals surface area contributed by atoms with Crippen molar-refractivity contribution in [2.45, 2.75) is 4.90 Å². The molecule has 0 saturated heterocycles. The molecule has 1 aromatic carbocycles. The van der Waals surface area contributed by atoms with Crippen molar-refractivity contribution in [3.05, 3.63) is 41.4 Å². The van der Waals surface area contributed by atoms with Gasteiger partial charge >= 0.3 is 0 Å². The molecule has 112 valence electrons. The van der Waals surface area contributed by atoms with E-state index in [1.54, 1.807) is 38.4 Å². The third-order valence-corrected chi connectivity index (χ3v) is 4.31. The predicted molar refractivity (Wildman–Crippen MR) is 85.6 cm³/mol. The number of benzene rings is 1. The Bertz CT molecular complexity index is 727. The van der Waals surface area contributed by atoms with E-state index in [2.05, 4.69) is 20.3 Å². The summed E-state index contributed by atoms with van der Waals surface area (Å²) >= 11 is 5.83. The molecule has 1 heterocycles. The molecule has 0 radical (unpaired) electrons. The Kier molecular flexibility index (Phi) is 4.54. The normalized spacial score (nSPS) is 11.0. The molecule has 0 fully saturated rings. The lowest BCUT2D eigenvalue weighted by Gasteiger charge is -2.11. The molecule has 2 rings (SSSR count). The Labute approximate surface area is 128 Å². The Morgan fingerprint density at radius 2 is 1.67 bits per heavy atom. The van der Waals surface area contributed by atoms with Gasteiger partial charge < -0.3 is 10.6 Å². The van der Waals surface area contributed by atoms with Gasteiger partial charge in [0.2, 0.25) is 0 Å². The molecule has 0 aliphatic rings.